The number of hydrogen-bond donors (Lipinski definition) is 0. The molecule has 0 atom stereocenters. The van der Waals surface area contributed by atoms with Crippen LogP contribution < -0.4 is 0 Å². The highest BCUT2D eigenvalue weighted by Crippen LogP contribution is 2.20. The maximum atomic E-state index is 12.6. The van der Waals surface area contributed by atoms with E-state index in [1.807, 2.05) is 0 Å². The van der Waals surface area contributed by atoms with Gasteiger partial charge in [-0.05, 0) is 18.2 Å². The number of halogens is 3. The third kappa shape index (κ3) is 2.75. The van der Waals surface area contributed by atoms with E-state index in [4.69, 9.17) is 0 Å². The molecule has 0 fully saturated rings. The normalized spacial score (nSPS) is 10.2. The molecular weight excluding hydrogens is 246 g/mol. The van der Waals surface area contributed by atoms with E-state index < -0.39 is 11.6 Å². The van der Waals surface area contributed by atoms with Gasteiger partial charge in [0.15, 0.2) is 11.6 Å². The molecule has 0 nitrogen and oxygen atoms in total. The van der Waals surface area contributed by atoms with Gasteiger partial charge in [0.25, 0.3) is 0 Å². The molecule has 0 spiro atoms. The van der Waals surface area contributed by atoms with Crippen molar-refractivity contribution >= 4 is 27.7 Å². The van der Waals surface area contributed by atoms with Crippen molar-refractivity contribution in [1.82, 2.24) is 0 Å². The van der Waals surface area contributed by atoms with E-state index in [0.29, 0.717) is 0 Å². The number of rotatable bonds is 3. The molecule has 0 aliphatic heterocycles. The second-order valence-electron chi connectivity index (χ2n) is 2.11. The van der Waals surface area contributed by atoms with Gasteiger partial charge in [-0.3, -0.25) is 0 Å². The summed E-state index contributed by atoms with van der Waals surface area (Å²) in [4.78, 5) is 0.758. The van der Waals surface area contributed by atoms with Crippen LogP contribution >= 0.6 is 27.7 Å². The molecule has 0 aliphatic rings. The molecule has 1 aromatic carbocycles. The molecule has 66 valence electrons. The van der Waals surface area contributed by atoms with Gasteiger partial charge in [-0.2, -0.15) is 0 Å². The molecule has 0 aromatic heterocycles. The minimum absolute atomic E-state index is 0.758. The molecule has 0 N–H and O–H groups in total. The topological polar surface area (TPSA) is 0 Å². The van der Waals surface area contributed by atoms with Gasteiger partial charge in [0, 0.05) is 16.0 Å². The van der Waals surface area contributed by atoms with Gasteiger partial charge >= 0.3 is 0 Å². The van der Waals surface area contributed by atoms with Gasteiger partial charge in [-0.1, -0.05) is 15.9 Å². The summed E-state index contributed by atoms with van der Waals surface area (Å²) < 4.78 is 25.0. The molecule has 0 amide bonds. The van der Waals surface area contributed by atoms with Gasteiger partial charge in [0.2, 0.25) is 0 Å². The predicted molar refractivity (Wildman–Crippen MR) is 50.9 cm³/mol. The van der Waals surface area contributed by atoms with Crippen LogP contribution in [-0.2, 0) is 0 Å². The van der Waals surface area contributed by atoms with Crippen LogP contribution in [0, 0.1) is 11.6 Å². The minimum atomic E-state index is -0.793. The lowest BCUT2D eigenvalue weighted by atomic mass is 10.3. The van der Waals surface area contributed by atoms with E-state index in [1.165, 1.54) is 17.8 Å². The fourth-order valence-corrected chi connectivity index (χ4v) is 1.87. The Morgan fingerprint density at radius 2 is 2.00 bits per heavy atom. The van der Waals surface area contributed by atoms with E-state index in [2.05, 4.69) is 15.9 Å². The Hall–Kier alpha value is -0.0900. The largest absolute Gasteiger partial charge is 0.204 e. The fourth-order valence-electron chi connectivity index (χ4n) is 0.723. The Morgan fingerprint density at radius 1 is 1.25 bits per heavy atom. The highest BCUT2D eigenvalue weighted by atomic mass is 79.9. The molecule has 0 bridgehead atoms. The first kappa shape index (κ1) is 9.99. The van der Waals surface area contributed by atoms with Crippen LogP contribution in [-0.4, -0.2) is 11.1 Å². The van der Waals surface area contributed by atoms with E-state index >= 15 is 0 Å². The van der Waals surface area contributed by atoms with Crippen LogP contribution in [0.1, 0.15) is 0 Å². The first-order chi connectivity index (χ1) is 5.74. The third-order valence-corrected chi connectivity index (χ3v) is 3.15. The molecule has 0 radical (unpaired) electrons. The summed E-state index contributed by atoms with van der Waals surface area (Å²) in [6.45, 7) is 0. The average molecular weight is 253 g/mol. The Bertz CT molecular complexity index is 265. The van der Waals surface area contributed by atoms with Crippen molar-refractivity contribution in [3.8, 4) is 0 Å². The maximum Gasteiger partial charge on any atom is 0.159 e. The standard InChI is InChI=1S/C8H7BrF2S/c9-3-4-12-6-1-2-7(10)8(11)5-6/h1-2,5H,3-4H2. The van der Waals surface area contributed by atoms with Crippen molar-refractivity contribution in [3.05, 3.63) is 29.8 Å². The molecule has 0 aliphatic carbocycles. The Morgan fingerprint density at radius 3 is 2.58 bits per heavy atom. The van der Waals surface area contributed by atoms with Crippen molar-refractivity contribution in [1.29, 1.82) is 0 Å². The Kier molecular flexibility index (Phi) is 4.01. The number of benzene rings is 1. The van der Waals surface area contributed by atoms with Gasteiger partial charge in [-0.25, -0.2) is 8.78 Å². The third-order valence-electron chi connectivity index (χ3n) is 1.24. The zero-order valence-corrected chi connectivity index (χ0v) is 8.59. The van der Waals surface area contributed by atoms with E-state index in [1.54, 1.807) is 6.07 Å². The van der Waals surface area contributed by atoms with E-state index in [0.717, 1.165) is 22.0 Å². The Balaban J connectivity index is 2.69. The molecular formula is C8H7BrF2S. The maximum absolute atomic E-state index is 12.6. The van der Waals surface area contributed by atoms with Crippen LogP contribution in [0.4, 0.5) is 8.78 Å². The second kappa shape index (κ2) is 4.82. The summed E-state index contributed by atoms with van der Waals surface area (Å²) >= 11 is 4.74. The van der Waals surface area contributed by atoms with Gasteiger partial charge in [-0.15, -0.1) is 11.8 Å². The predicted octanol–water partition coefficient (Wildman–Crippen LogP) is 3.45. The molecule has 4 heteroatoms. The molecule has 1 rings (SSSR count). The summed E-state index contributed by atoms with van der Waals surface area (Å²) in [7, 11) is 0. The summed E-state index contributed by atoms with van der Waals surface area (Å²) in [6.07, 6.45) is 0. The van der Waals surface area contributed by atoms with Crippen molar-refractivity contribution in [2.24, 2.45) is 0 Å². The zero-order chi connectivity index (χ0) is 8.97. The van der Waals surface area contributed by atoms with E-state index in [-0.39, 0.29) is 0 Å². The van der Waals surface area contributed by atoms with Crippen molar-refractivity contribution in [2.45, 2.75) is 4.90 Å². The number of alkyl halides is 1. The molecule has 0 saturated carbocycles. The van der Waals surface area contributed by atoms with Crippen molar-refractivity contribution in [3.63, 3.8) is 0 Å². The number of hydrogen-bond acceptors (Lipinski definition) is 1. The van der Waals surface area contributed by atoms with Crippen molar-refractivity contribution in [2.75, 3.05) is 11.1 Å². The summed E-state index contributed by atoms with van der Waals surface area (Å²) in [5.74, 6) is -0.724. The van der Waals surface area contributed by atoms with Crippen LogP contribution in [0.15, 0.2) is 23.1 Å². The minimum Gasteiger partial charge on any atom is -0.204 e. The SMILES string of the molecule is Fc1ccc(SCCBr)cc1F. The smallest absolute Gasteiger partial charge is 0.159 e. The fraction of sp³-hybridized carbons (Fsp3) is 0.250. The Labute approximate surface area is 82.5 Å². The lowest BCUT2D eigenvalue weighted by Crippen LogP contribution is -1.85. The van der Waals surface area contributed by atoms with Crippen molar-refractivity contribution < 1.29 is 8.78 Å². The lowest BCUT2D eigenvalue weighted by Gasteiger charge is -1.99. The van der Waals surface area contributed by atoms with Gasteiger partial charge in [0.05, 0.1) is 0 Å². The highest BCUT2D eigenvalue weighted by Gasteiger charge is 2.01. The summed E-state index contributed by atoms with van der Waals surface area (Å²) in [5.41, 5.74) is 0. The van der Waals surface area contributed by atoms with Crippen LogP contribution in [0.5, 0.6) is 0 Å². The average Bonchev–Trinajstić information content (AvgIpc) is 2.07. The second-order valence-corrected chi connectivity index (χ2v) is 4.07. The molecule has 1 aromatic rings. The molecule has 0 heterocycles. The van der Waals surface area contributed by atoms with Gasteiger partial charge < -0.3 is 0 Å². The molecule has 0 saturated heterocycles. The van der Waals surface area contributed by atoms with Crippen LogP contribution in [0.2, 0.25) is 0 Å². The van der Waals surface area contributed by atoms with E-state index in [9.17, 15) is 8.78 Å². The monoisotopic (exact) mass is 252 g/mol. The van der Waals surface area contributed by atoms with Crippen LogP contribution in [0.25, 0.3) is 0 Å². The molecule has 12 heavy (non-hydrogen) atoms. The lowest BCUT2D eigenvalue weighted by molar-refractivity contribution is 0.506. The first-order valence-electron chi connectivity index (χ1n) is 3.38. The molecule has 0 unspecified atom stereocenters. The highest BCUT2D eigenvalue weighted by molar-refractivity contribution is 9.09. The zero-order valence-electron chi connectivity index (χ0n) is 6.19. The van der Waals surface area contributed by atoms with Crippen LogP contribution in [0.3, 0.4) is 0 Å². The number of thioether (sulfide) groups is 1. The summed E-state index contributed by atoms with van der Waals surface area (Å²) in [6, 6.07) is 3.93. The summed E-state index contributed by atoms with van der Waals surface area (Å²) in [5, 5.41) is 0.844. The quantitative estimate of drug-likeness (QED) is 0.587. The van der Waals surface area contributed by atoms with Gasteiger partial charge in [0.1, 0.15) is 0 Å². The first-order valence-corrected chi connectivity index (χ1v) is 5.48.